The molecule has 0 amide bonds. The molecule has 1 spiro atoms. The standard InChI is InChI=1S/C16H21NO.CH4/c1-17-10-15-7-2-8-16(15)13-9-12(18)5-3-11(13)4-6-14(15)16;/h3,5,9,14,17-18H,2,4,6-8,10H2,1H3;1H4/p+1/t14-,15?,16?;/m1./s1. The lowest BCUT2D eigenvalue weighted by Gasteiger charge is -2.24. The summed E-state index contributed by atoms with van der Waals surface area (Å²) in [5.41, 5.74) is 3.99. The molecule has 1 aromatic rings. The summed E-state index contributed by atoms with van der Waals surface area (Å²) >= 11 is 0. The van der Waals surface area contributed by atoms with Crippen LogP contribution in [0.2, 0.25) is 0 Å². The Kier molecular flexibility index (Phi) is 2.72. The third-order valence-electron chi connectivity index (χ3n) is 6.11. The van der Waals surface area contributed by atoms with Gasteiger partial charge in [0.2, 0.25) is 0 Å². The molecule has 0 bridgehead atoms. The van der Waals surface area contributed by atoms with Crippen molar-refractivity contribution in [2.45, 2.75) is 44.9 Å². The average Bonchev–Trinajstić information content (AvgIpc) is 2.74. The molecule has 1 aromatic carbocycles. The van der Waals surface area contributed by atoms with Crippen molar-refractivity contribution >= 4 is 0 Å². The third kappa shape index (κ3) is 1.31. The van der Waals surface area contributed by atoms with Gasteiger partial charge in [-0.25, -0.2) is 0 Å². The van der Waals surface area contributed by atoms with Gasteiger partial charge in [-0.1, -0.05) is 19.9 Å². The van der Waals surface area contributed by atoms with Gasteiger partial charge in [-0.3, -0.25) is 0 Å². The molecule has 0 saturated heterocycles. The summed E-state index contributed by atoms with van der Waals surface area (Å²) in [4.78, 5) is 0. The van der Waals surface area contributed by atoms with Crippen molar-refractivity contribution in [1.29, 1.82) is 0 Å². The molecule has 2 saturated carbocycles. The maximum atomic E-state index is 9.85. The minimum atomic E-state index is 0. The van der Waals surface area contributed by atoms with E-state index in [1.807, 2.05) is 6.07 Å². The summed E-state index contributed by atoms with van der Waals surface area (Å²) in [5, 5.41) is 12.2. The normalized spacial score (nSPS) is 37.8. The molecule has 0 aliphatic heterocycles. The Labute approximate surface area is 116 Å². The van der Waals surface area contributed by atoms with E-state index in [4.69, 9.17) is 0 Å². The molecule has 0 heterocycles. The summed E-state index contributed by atoms with van der Waals surface area (Å²) in [6.45, 7) is 1.27. The number of hydrogen-bond donors (Lipinski definition) is 2. The topological polar surface area (TPSA) is 36.8 Å². The van der Waals surface area contributed by atoms with Crippen LogP contribution in [0.25, 0.3) is 0 Å². The summed E-state index contributed by atoms with van der Waals surface area (Å²) in [6.07, 6.45) is 6.71. The van der Waals surface area contributed by atoms with Gasteiger partial charge in [0, 0.05) is 10.8 Å². The van der Waals surface area contributed by atoms with Crippen LogP contribution in [-0.4, -0.2) is 18.7 Å². The predicted molar refractivity (Wildman–Crippen MR) is 77.3 cm³/mol. The van der Waals surface area contributed by atoms with Gasteiger partial charge >= 0.3 is 0 Å². The Morgan fingerprint density at radius 2 is 2.21 bits per heavy atom. The van der Waals surface area contributed by atoms with Gasteiger partial charge in [-0.2, -0.15) is 0 Å². The van der Waals surface area contributed by atoms with Gasteiger partial charge < -0.3 is 10.4 Å². The van der Waals surface area contributed by atoms with E-state index < -0.39 is 0 Å². The van der Waals surface area contributed by atoms with Crippen molar-refractivity contribution in [2.24, 2.45) is 11.3 Å². The Balaban J connectivity index is 0.00000110. The largest absolute Gasteiger partial charge is 0.508 e. The Morgan fingerprint density at radius 3 is 3.00 bits per heavy atom. The maximum absolute atomic E-state index is 9.85. The highest BCUT2D eigenvalue weighted by molar-refractivity contribution is 5.52. The fourth-order valence-electron chi connectivity index (χ4n) is 5.67. The molecule has 2 fully saturated rings. The van der Waals surface area contributed by atoms with Gasteiger partial charge in [-0.05, 0) is 54.9 Å². The highest BCUT2D eigenvalue weighted by Crippen LogP contribution is 2.80. The van der Waals surface area contributed by atoms with Crippen molar-refractivity contribution in [3.63, 3.8) is 0 Å². The number of fused-ring (bicyclic) bond motifs is 2. The Hall–Kier alpha value is -1.02. The first-order valence-corrected chi connectivity index (χ1v) is 7.35. The van der Waals surface area contributed by atoms with Crippen LogP contribution in [0.3, 0.4) is 0 Å². The van der Waals surface area contributed by atoms with E-state index in [0.717, 1.165) is 5.92 Å². The molecule has 104 valence electrons. The zero-order chi connectivity index (χ0) is 12.4. The summed E-state index contributed by atoms with van der Waals surface area (Å²) in [7, 11) is 2.20. The zero-order valence-corrected chi connectivity index (χ0v) is 11.1. The third-order valence-corrected chi connectivity index (χ3v) is 6.11. The first kappa shape index (κ1) is 13.0. The van der Waals surface area contributed by atoms with Crippen molar-refractivity contribution in [2.75, 3.05) is 13.6 Å². The molecule has 4 rings (SSSR count). The highest BCUT2D eigenvalue weighted by Gasteiger charge is 2.79. The number of aryl methyl sites for hydroxylation is 1. The van der Waals surface area contributed by atoms with Gasteiger partial charge in [0.05, 0.1) is 13.6 Å². The molecule has 2 nitrogen and oxygen atoms in total. The first-order valence-electron chi connectivity index (χ1n) is 7.35. The van der Waals surface area contributed by atoms with Gasteiger partial charge in [0.25, 0.3) is 0 Å². The molecule has 3 aliphatic rings. The SMILES string of the molecule is C.C[NH2+]CC12CCCC13c1cc(O)ccc1CC[C@H]23. The number of phenolic OH excluding ortho intramolecular Hbond substituents is 1. The minimum absolute atomic E-state index is 0. The number of nitrogens with two attached hydrogens (primary N) is 1. The molecule has 3 atom stereocenters. The number of hydrogen-bond acceptors (Lipinski definition) is 1. The van der Waals surface area contributed by atoms with E-state index in [0.29, 0.717) is 16.6 Å². The second-order valence-electron chi connectivity index (χ2n) is 6.53. The van der Waals surface area contributed by atoms with Crippen molar-refractivity contribution in [3.05, 3.63) is 29.3 Å². The zero-order valence-electron chi connectivity index (χ0n) is 11.1. The second-order valence-corrected chi connectivity index (χ2v) is 6.53. The predicted octanol–water partition coefficient (Wildman–Crippen LogP) is 2.21. The maximum Gasteiger partial charge on any atom is 0.115 e. The van der Waals surface area contributed by atoms with Gasteiger partial charge in [-0.15, -0.1) is 0 Å². The Morgan fingerprint density at radius 1 is 1.37 bits per heavy atom. The van der Waals surface area contributed by atoms with E-state index >= 15 is 0 Å². The molecule has 2 heteroatoms. The molecule has 2 unspecified atom stereocenters. The molecule has 19 heavy (non-hydrogen) atoms. The van der Waals surface area contributed by atoms with E-state index in [1.165, 1.54) is 49.8 Å². The summed E-state index contributed by atoms with van der Waals surface area (Å²) in [5.74, 6) is 1.35. The van der Waals surface area contributed by atoms with E-state index in [9.17, 15) is 5.11 Å². The van der Waals surface area contributed by atoms with Crippen LogP contribution < -0.4 is 5.32 Å². The van der Waals surface area contributed by atoms with E-state index in [1.54, 1.807) is 0 Å². The van der Waals surface area contributed by atoms with Crippen molar-refractivity contribution in [1.82, 2.24) is 0 Å². The lowest BCUT2D eigenvalue weighted by Crippen LogP contribution is -2.82. The quantitative estimate of drug-likeness (QED) is 0.840. The van der Waals surface area contributed by atoms with Gasteiger partial charge in [0.1, 0.15) is 5.75 Å². The van der Waals surface area contributed by atoms with Crippen molar-refractivity contribution < 1.29 is 10.4 Å². The minimum Gasteiger partial charge on any atom is -0.508 e. The van der Waals surface area contributed by atoms with Crippen LogP contribution >= 0.6 is 0 Å². The number of rotatable bonds is 2. The molecule has 3 aliphatic carbocycles. The fraction of sp³-hybridized carbons (Fsp3) is 0.647. The van der Waals surface area contributed by atoms with Gasteiger partial charge in [0.15, 0.2) is 0 Å². The smallest absolute Gasteiger partial charge is 0.115 e. The Bertz CT molecular complexity index is 512. The van der Waals surface area contributed by atoms with E-state index in [2.05, 4.69) is 24.5 Å². The van der Waals surface area contributed by atoms with Crippen LogP contribution in [0, 0.1) is 11.3 Å². The molecule has 3 N–H and O–H groups in total. The van der Waals surface area contributed by atoms with Crippen molar-refractivity contribution in [3.8, 4) is 5.75 Å². The lowest BCUT2D eigenvalue weighted by atomic mass is 9.80. The van der Waals surface area contributed by atoms with Crippen LogP contribution in [0.1, 0.15) is 44.2 Å². The molecule has 0 radical (unpaired) electrons. The second kappa shape index (κ2) is 3.99. The van der Waals surface area contributed by atoms with Crippen LogP contribution in [0.5, 0.6) is 5.75 Å². The van der Waals surface area contributed by atoms with E-state index in [-0.39, 0.29) is 7.43 Å². The fourth-order valence-corrected chi connectivity index (χ4v) is 5.67. The number of quaternary nitrogens is 1. The molecular formula is C17H26NO+. The average molecular weight is 260 g/mol. The lowest BCUT2D eigenvalue weighted by molar-refractivity contribution is -0.636. The first-order chi connectivity index (χ1) is 8.74. The number of phenols is 1. The van der Waals surface area contributed by atoms with Crippen LogP contribution in [0.15, 0.2) is 18.2 Å². The number of aromatic hydroxyl groups is 1. The summed E-state index contributed by atoms with van der Waals surface area (Å²) < 4.78 is 0. The van der Waals surface area contributed by atoms with Crippen LogP contribution in [0.4, 0.5) is 0 Å². The highest BCUT2D eigenvalue weighted by atomic mass is 16.3. The molecular weight excluding hydrogens is 234 g/mol. The summed E-state index contributed by atoms with van der Waals surface area (Å²) in [6, 6.07) is 6.09. The monoisotopic (exact) mass is 260 g/mol. The van der Waals surface area contributed by atoms with Crippen LogP contribution in [-0.2, 0) is 11.8 Å². The number of benzene rings is 1. The molecule has 0 aromatic heterocycles.